The predicted molar refractivity (Wildman–Crippen MR) is 76.6 cm³/mol. The number of hydrogen-bond acceptors (Lipinski definition) is 5. The van der Waals surface area contributed by atoms with Gasteiger partial charge in [-0.25, -0.2) is 0 Å². The van der Waals surface area contributed by atoms with Gasteiger partial charge in [-0.05, 0) is 27.2 Å². The van der Waals surface area contributed by atoms with Gasteiger partial charge in [0.05, 0.1) is 0 Å². The van der Waals surface area contributed by atoms with Crippen LogP contribution in [0.1, 0.15) is 53.4 Å². The summed E-state index contributed by atoms with van der Waals surface area (Å²) >= 11 is 0. The van der Waals surface area contributed by atoms with Gasteiger partial charge >= 0.3 is 9.05 Å². The third-order valence-electron chi connectivity index (χ3n) is 2.19. The van der Waals surface area contributed by atoms with E-state index in [1.807, 2.05) is 20.8 Å². The second-order valence-electron chi connectivity index (χ2n) is 3.73. The Morgan fingerprint density at radius 2 is 1.37 bits per heavy atom. The predicted octanol–water partition coefficient (Wildman–Crippen LogP) is 2.27. The molecule has 0 fully saturated rings. The van der Waals surface area contributed by atoms with E-state index in [0.717, 1.165) is 19.3 Å². The molecule has 0 aromatic rings. The van der Waals surface area contributed by atoms with Gasteiger partial charge in [0, 0.05) is 77.6 Å². The molecule has 0 aliphatic carbocycles. The minimum Gasteiger partial charge on any atom is -0.452 e. The van der Waals surface area contributed by atoms with Crippen LogP contribution in [0, 0.1) is 0 Å². The molecule has 7 heteroatoms. The monoisotopic (exact) mass is 317 g/mol. The zero-order valence-corrected chi connectivity index (χ0v) is 17.1. The third-order valence-corrected chi connectivity index (χ3v) is 4.59. The van der Waals surface area contributed by atoms with Gasteiger partial charge < -0.3 is 17.7 Å². The minimum absolute atomic E-state index is 0. The molecule has 0 aliphatic rings. The first kappa shape index (κ1) is 22.5. The first-order valence-corrected chi connectivity index (χ1v) is 8.41. The molecule has 0 rings (SSSR count). The maximum atomic E-state index is 11.7. The SMILES string of the molecule is CCCCCC(=O)O[Si](OCC)(OCC)OCC.[K]. The molecule has 5 nitrogen and oxygen atoms in total. The first-order chi connectivity index (χ1) is 8.64. The molecule has 1 radical (unpaired) electrons. The second-order valence-corrected chi connectivity index (χ2v) is 5.80. The van der Waals surface area contributed by atoms with Crippen molar-refractivity contribution in [2.24, 2.45) is 0 Å². The van der Waals surface area contributed by atoms with E-state index in [4.69, 9.17) is 17.7 Å². The normalized spacial score (nSPS) is 10.9. The topological polar surface area (TPSA) is 54.0 Å². The molecule has 0 saturated carbocycles. The largest absolute Gasteiger partial charge is 0.751 e. The molecule has 0 aliphatic heterocycles. The molecule has 0 bridgehead atoms. The van der Waals surface area contributed by atoms with Gasteiger partial charge in [-0.1, -0.05) is 19.8 Å². The zero-order valence-electron chi connectivity index (χ0n) is 13.0. The summed E-state index contributed by atoms with van der Waals surface area (Å²) in [5.74, 6) is -0.300. The van der Waals surface area contributed by atoms with Crippen LogP contribution in [0.25, 0.3) is 0 Å². The average molecular weight is 318 g/mol. The van der Waals surface area contributed by atoms with E-state index < -0.39 is 9.05 Å². The Morgan fingerprint density at radius 3 is 1.74 bits per heavy atom. The van der Waals surface area contributed by atoms with E-state index in [1.54, 1.807) is 0 Å². The number of carbonyl (C=O) groups excluding carboxylic acids is 1. The quantitative estimate of drug-likeness (QED) is 0.432. The fraction of sp³-hybridized carbons (Fsp3) is 0.917. The van der Waals surface area contributed by atoms with Crippen LogP contribution in [0.3, 0.4) is 0 Å². The minimum atomic E-state index is -3.27. The number of unbranched alkanes of at least 4 members (excludes halogenated alkanes) is 2. The summed E-state index contributed by atoms with van der Waals surface area (Å²) in [7, 11) is -3.27. The Morgan fingerprint density at radius 1 is 0.895 bits per heavy atom. The Kier molecular flexibility index (Phi) is 16.7. The first-order valence-electron chi connectivity index (χ1n) is 6.77. The van der Waals surface area contributed by atoms with E-state index in [-0.39, 0.29) is 57.4 Å². The molecule has 0 spiro atoms. The number of carbonyl (C=O) groups is 1. The van der Waals surface area contributed by atoms with Crippen molar-refractivity contribution in [1.29, 1.82) is 0 Å². The smallest absolute Gasteiger partial charge is 0.452 e. The summed E-state index contributed by atoms with van der Waals surface area (Å²) in [6.45, 7) is 8.75. The van der Waals surface area contributed by atoms with E-state index in [2.05, 4.69) is 6.92 Å². The number of rotatable bonds is 11. The summed E-state index contributed by atoms with van der Waals surface area (Å²) in [5.41, 5.74) is 0. The van der Waals surface area contributed by atoms with Gasteiger partial charge in [0.15, 0.2) is 0 Å². The van der Waals surface area contributed by atoms with Crippen molar-refractivity contribution in [2.75, 3.05) is 19.8 Å². The van der Waals surface area contributed by atoms with Gasteiger partial charge in [0.2, 0.25) is 0 Å². The Balaban J connectivity index is 0. The van der Waals surface area contributed by atoms with Crippen LogP contribution in [-0.4, -0.2) is 86.2 Å². The number of hydrogen-bond donors (Lipinski definition) is 0. The summed E-state index contributed by atoms with van der Waals surface area (Å²) in [6, 6.07) is 0. The average Bonchev–Trinajstić information content (AvgIpc) is 2.30. The van der Waals surface area contributed by atoms with Crippen LogP contribution in [0.15, 0.2) is 0 Å². The van der Waals surface area contributed by atoms with Crippen molar-refractivity contribution in [2.45, 2.75) is 53.4 Å². The van der Waals surface area contributed by atoms with E-state index in [9.17, 15) is 4.79 Å². The summed E-state index contributed by atoms with van der Waals surface area (Å²) in [4.78, 5) is 11.7. The van der Waals surface area contributed by atoms with Crippen LogP contribution in [-0.2, 0) is 22.5 Å². The van der Waals surface area contributed by atoms with Gasteiger partial charge in [0.1, 0.15) is 0 Å². The van der Waals surface area contributed by atoms with Gasteiger partial charge in [-0.3, -0.25) is 4.79 Å². The molecule has 0 saturated heterocycles. The van der Waals surface area contributed by atoms with Crippen molar-refractivity contribution in [3.63, 3.8) is 0 Å². The molecule has 0 aromatic carbocycles. The van der Waals surface area contributed by atoms with E-state index in [0.29, 0.717) is 26.2 Å². The molecule has 0 atom stereocenters. The maximum Gasteiger partial charge on any atom is 0.751 e. The van der Waals surface area contributed by atoms with Gasteiger partial charge in [0.25, 0.3) is 5.97 Å². The van der Waals surface area contributed by atoms with Crippen LogP contribution >= 0.6 is 0 Å². The molecular formula is C12H26KO5Si. The molecule has 19 heavy (non-hydrogen) atoms. The van der Waals surface area contributed by atoms with Gasteiger partial charge in [-0.2, -0.15) is 0 Å². The van der Waals surface area contributed by atoms with Crippen molar-refractivity contribution < 1.29 is 22.5 Å². The molecular weight excluding hydrogens is 291 g/mol. The molecule has 0 unspecified atom stereocenters. The van der Waals surface area contributed by atoms with Crippen LogP contribution < -0.4 is 0 Å². The fourth-order valence-electron chi connectivity index (χ4n) is 1.45. The third kappa shape index (κ3) is 10.6. The Hall–Kier alpha value is 1.20. The maximum absolute atomic E-state index is 11.7. The summed E-state index contributed by atoms with van der Waals surface area (Å²) in [5, 5.41) is 0. The molecule has 0 amide bonds. The van der Waals surface area contributed by atoms with Crippen molar-refractivity contribution in [3.05, 3.63) is 0 Å². The van der Waals surface area contributed by atoms with Crippen LogP contribution in [0.2, 0.25) is 0 Å². The summed E-state index contributed by atoms with van der Waals surface area (Å²) in [6.07, 6.45) is 3.29. The Bertz CT molecular complexity index is 211. The van der Waals surface area contributed by atoms with Gasteiger partial charge in [-0.15, -0.1) is 0 Å². The van der Waals surface area contributed by atoms with Crippen molar-refractivity contribution in [3.8, 4) is 0 Å². The van der Waals surface area contributed by atoms with Crippen LogP contribution in [0.5, 0.6) is 0 Å². The molecule has 0 N–H and O–H groups in total. The van der Waals surface area contributed by atoms with Crippen LogP contribution in [0.4, 0.5) is 0 Å². The van der Waals surface area contributed by atoms with Crippen molar-refractivity contribution >= 4 is 66.4 Å². The van der Waals surface area contributed by atoms with E-state index >= 15 is 0 Å². The molecule has 109 valence electrons. The second kappa shape index (κ2) is 14.2. The zero-order chi connectivity index (χ0) is 13.9. The summed E-state index contributed by atoms with van der Waals surface area (Å²) < 4.78 is 21.7. The standard InChI is InChI=1S/C12H26O5Si.K/c1-5-9-10-11-12(13)17-18(14-6-2,15-7-3)16-8-4;/h5-11H2,1-4H3;. The Labute approximate surface area is 160 Å². The van der Waals surface area contributed by atoms with E-state index in [1.165, 1.54) is 0 Å². The molecule has 0 aromatic heterocycles. The fourth-order valence-corrected chi connectivity index (χ4v) is 3.32. The molecule has 0 heterocycles. The van der Waals surface area contributed by atoms with Crippen molar-refractivity contribution in [1.82, 2.24) is 0 Å².